The Morgan fingerprint density at radius 2 is 1.68 bits per heavy atom. The summed E-state index contributed by atoms with van der Waals surface area (Å²) in [7, 11) is -3.98. The van der Waals surface area contributed by atoms with E-state index in [-0.39, 0.29) is 28.6 Å². The van der Waals surface area contributed by atoms with Gasteiger partial charge < -0.3 is 9.84 Å². The number of ether oxygens (including phenoxy) is 1. The topological polar surface area (TPSA) is 83.9 Å². The number of sulfonamides is 1. The Morgan fingerprint density at radius 3 is 2.24 bits per heavy atom. The summed E-state index contributed by atoms with van der Waals surface area (Å²) < 4.78 is 36.5. The number of carbonyl (C=O) groups excluding carboxylic acids is 1. The number of anilines is 1. The Morgan fingerprint density at radius 1 is 1.08 bits per heavy atom. The number of benzene rings is 2. The normalized spacial score (nSPS) is 27.3. The number of aliphatic hydroxyl groups excluding tert-OH is 1. The fourth-order valence-corrected chi connectivity index (χ4v) is 8.28. The van der Waals surface area contributed by atoms with Crippen molar-refractivity contribution in [3.8, 4) is 0 Å². The van der Waals surface area contributed by atoms with Gasteiger partial charge in [-0.2, -0.15) is 0 Å². The Labute approximate surface area is 222 Å². The van der Waals surface area contributed by atoms with Gasteiger partial charge in [-0.05, 0) is 79.3 Å². The van der Waals surface area contributed by atoms with Crippen molar-refractivity contribution in [3.05, 3.63) is 59.7 Å². The smallest absolute Gasteiger partial charge is 0.308 e. The molecule has 0 aromatic heterocycles. The van der Waals surface area contributed by atoms with Crippen LogP contribution in [0.25, 0.3) is 0 Å². The molecule has 0 aliphatic heterocycles. The van der Waals surface area contributed by atoms with E-state index >= 15 is 0 Å². The average molecular weight is 528 g/mol. The summed E-state index contributed by atoms with van der Waals surface area (Å²) in [6.45, 7) is 14.1. The van der Waals surface area contributed by atoms with Crippen molar-refractivity contribution in [1.29, 1.82) is 0 Å². The quantitative estimate of drug-likeness (QED) is 0.449. The van der Waals surface area contributed by atoms with Gasteiger partial charge in [0.05, 0.1) is 29.1 Å². The van der Waals surface area contributed by atoms with Crippen LogP contribution in [0, 0.1) is 36.5 Å². The second-order valence-electron chi connectivity index (χ2n) is 12.2. The van der Waals surface area contributed by atoms with Crippen molar-refractivity contribution < 1.29 is 23.1 Å². The van der Waals surface area contributed by atoms with E-state index in [4.69, 9.17) is 4.74 Å². The van der Waals surface area contributed by atoms with Gasteiger partial charge in [0.25, 0.3) is 10.0 Å². The lowest BCUT2D eigenvalue weighted by atomic mass is 9.70. The van der Waals surface area contributed by atoms with Gasteiger partial charge in [-0.15, -0.1) is 0 Å². The SMILES string of the molecule is Cc1cc(C)cc(N(C2C3CCC(C)(C2OC(=O)C[C@@H](O)C(C)C)C3(C)C)S(=O)(=O)c2ccccc2)c1. The Bertz CT molecular complexity index is 1240. The molecule has 2 aliphatic carbocycles. The van der Waals surface area contributed by atoms with E-state index in [0.29, 0.717) is 5.69 Å². The number of hydrogen-bond acceptors (Lipinski definition) is 5. The number of aryl methyl sites for hydroxylation is 2. The first-order valence-corrected chi connectivity index (χ1v) is 14.7. The minimum Gasteiger partial charge on any atom is -0.459 e. The van der Waals surface area contributed by atoms with Gasteiger partial charge in [-0.1, -0.05) is 58.9 Å². The third-order valence-corrected chi connectivity index (χ3v) is 11.0. The summed E-state index contributed by atoms with van der Waals surface area (Å²) in [5.41, 5.74) is 1.84. The number of esters is 1. The molecular weight excluding hydrogens is 486 g/mol. The fourth-order valence-electron chi connectivity index (χ4n) is 6.59. The van der Waals surface area contributed by atoms with E-state index < -0.39 is 39.7 Å². The van der Waals surface area contributed by atoms with Crippen molar-refractivity contribution in [2.75, 3.05) is 4.31 Å². The standard InChI is InChI=1S/C30H41NO5S/c1-19(2)25(32)18-26(33)36-28-27(24-13-14-30(28,7)29(24,5)6)31(22-16-20(3)15-21(4)17-22)37(34,35)23-11-9-8-10-12-23/h8-12,15-17,19,24-25,27-28,32H,13-14,18H2,1-7H3/t24?,25-,27?,28?,30?/m1/s1. The number of hydrogen-bond donors (Lipinski definition) is 1. The summed E-state index contributed by atoms with van der Waals surface area (Å²) in [6, 6.07) is 13.7. The predicted molar refractivity (Wildman–Crippen MR) is 146 cm³/mol. The first-order valence-electron chi connectivity index (χ1n) is 13.3. The lowest BCUT2D eigenvalue weighted by molar-refractivity contribution is -0.160. The van der Waals surface area contributed by atoms with Gasteiger partial charge in [-0.25, -0.2) is 8.42 Å². The van der Waals surface area contributed by atoms with Crippen LogP contribution < -0.4 is 4.31 Å². The third-order valence-electron chi connectivity index (χ3n) is 9.16. The maximum atomic E-state index is 14.4. The van der Waals surface area contributed by atoms with Crippen LogP contribution in [0.2, 0.25) is 0 Å². The van der Waals surface area contributed by atoms with Crippen LogP contribution in [-0.4, -0.2) is 37.7 Å². The lowest BCUT2D eigenvalue weighted by Gasteiger charge is -2.43. The highest BCUT2D eigenvalue weighted by Gasteiger charge is 2.70. The van der Waals surface area contributed by atoms with Crippen LogP contribution in [-0.2, 0) is 19.6 Å². The van der Waals surface area contributed by atoms with Crippen molar-refractivity contribution in [2.45, 2.75) is 90.9 Å². The summed E-state index contributed by atoms with van der Waals surface area (Å²) >= 11 is 0. The second-order valence-corrected chi connectivity index (χ2v) is 14.0. The number of rotatable bonds is 8. The first-order chi connectivity index (χ1) is 17.2. The van der Waals surface area contributed by atoms with E-state index in [9.17, 15) is 18.3 Å². The predicted octanol–water partition coefficient (Wildman–Crippen LogP) is 5.64. The molecule has 2 bridgehead atoms. The molecule has 5 atom stereocenters. The zero-order valence-electron chi connectivity index (χ0n) is 23.1. The Hall–Kier alpha value is -2.38. The molecule has 2 saturated carbocycles. The fraction of sp³-hybridized carbons (Fsp3) is 0.567. The Kier molecular flexibility index (Phi) is 7.27. The van der Waals surface area contributed by atoms with Crippen molar-refractivity contribution >= 4 is 21.7 Å². The minimum atomic E-state index is -3.98. The molecule has 2 fully saturated rings. The summed E-state index contributed by atoms with van der Waals surface area (Å²) in [5.74, 6) is -0.580. The molecule has 0 radical (unpaired) electrons. The van der Waals surface area contributed by atoms with Gasteiger partial charge in [0.1, 0.15) is 6.10 Å². The van der Waals surface area contributed by atoms with Crippen LogP contribution in [0.4, 0.5) is 5.69 Å². The molecule has 7 heteroatoms. The summed E-state index contributed by atoms with van der Waals surface area (Å²) in [6.07, 6.45) is 0.124. The molecular formula is C30H41NO5S. The third kappa shape index (κ3) is 4.69. The molecule has 4 unspecified atom stereocenters. The highest BCUT2D eigenvalue weighted by molar-refractivity contribution is 7.92. The van der Waals surface area contributed by atoms with E-state index in [2.05, 4.69) is 20.8 Å². The zero-order chi connectivity index (χ0) is 27.3. The first kappa shape index (κ1) is 27.6. The van der Waals surface area contributed by atoms with Crippen LogP contribution in [0.5, 0.6) is 0 Å². The molecule has 37 heavy (non-hydrogen) atoms. The maximum absolute atomic E-state index is 14.4. The monoisotopic (exact) mass is 527 g/mol. The van der Waals surface area contributed by atoms with Gasteiger partial charge in [0, 0.05) is 5.41 Å². The molecule has 0 saturated heterocycles. The largest absolute Gasteiger partial charge is 0.459 e. The molecule has 0 heterocycles. The highest BCUT2D eigenvalue weighted by atomic mass is 32.2. The molecule has 0 amide bonds. The number of carbonyl (C=O) groups is 1. The number of aliphatic hydroxyl groups is 1. The highest BCUT2D eigenvalue weighted by Crippen LogP contribution is 2.68. The van der Waals surface area contributed by atoms with Crippen LogP contribution >= 0.6 is 0 Å². The molecule has 4 rings (SSSR count). The number of fused-ring (bicyclic) bond motifs is 2. The average Bonchev–Trinajstić information content (AvgIpc) is 3.12. The molecule has 2 aliphatic rings. The van der Waals surface area contributed by atoms with Crippen molar-refractivity contribution in [2.24, 2.45) is 22.7 Å². The molecule has 6 nitrogen and oxygen atoms in total. The molecule has 202 valence electrons. The van der Waals surface area contributed by atoms with E-state index in [1.54, 1.807) is 30.3 Å². The molecule has 0 spiro atoms. The van der Waals surface area contributed by atoms with Gasteiger partial charge in [0.15, 0.2) is 0 Å². The van der Waals surface area contributed by atoms with Gasteiger partial charge >= 0.3 is 5.97 Å². The summed E-state index contributed by atoms with van der Waals surface area (Å²) in [4.78, 5) is 13.3. The zero-order valence-corrected chi connectivity index (χ0v) is 23.9. The van der Waals surface area contributed by atoms with Crippen molar-refractivity contribution in [3.63, 3.8) is 0 Å². The lowest BCUT2D eigenvalue weighted by Crippen LogP contribution is -2.54. The van der Waals surface area contributed by atoms with E-state index in [1.165, 1.54) is 4.31 Å². The van der Waals surface area contributed by atoms with Crippen LogP contribution in [0.3, 0.4) is 0 Å². The molecule has 1 N–H and O–H groups in total. The molecule has 2 aromatic carbocycles. The van der Waals surface area contributed by atoms with Crippen molar-refractivity contribution in [1.82, 2.24) is 0 Å². The van der Waals surface area contributed by atoms with E-state index in [0.717, 1.165) is 24.0 Å². The van der Waals surface area contributed by atoms with E-state index in [1.807, 2.05) is 45.9 Å². The Balaban J connectivity index is 1.87. The number of nitrogens with zero attached hydrogens (tertiary/aromatic N) is 1. The molecule has 2 aromatic rings. The maximum Gasteiger partial charge on any atom is 0.308 e. The summed E-state index contributed by atoms with van der Waals surface area (Å²) in [5, 5.41) is 10.4. The second kappa shape index (κ2) is 9.73. The minimum absolute atomic E-state index is 0.00960. The van der Waals surface area contributed by atoms with Gasteiger partial charge in [-0.3, -0.25) is 9.10 Å². The van der Waals surface area contributed by atoms with Gasteiger partial charge in [0.2, 0.25) is 0 Å². The van der Waals surface area contributed by atoms with Crippen LogP contribution in [0.1, 0.15) is 65.0 Å². The van der Waals surface area contributed by atoms with Crippen LogP contribution in [0.15, 0.2) is 53.4 Å².